The Balaban J connectivity index is 0.00000200. The molecule has 0 aliphatic carbocycles. The van der Waals surface area contributed by atoms with Crippen LogP contribution in [0.5, 0.6) is 0 Å². The van der Waals surface area contributed by atoms with Gasteiger partial charge in [0.1, 0.15) is 5.69 Å². The molecule has 1 aliphatic rings. The zero-order valence-electron chi connectivity index (χ0n) is 10.6. The van der Waals surface area contributed by atoms with Crippen LogP contribution in [0.15, 0.2) is 18.3 Å². The molecule has 0 aromatic carbocycles. The normalized spacial score (nSPS) is 16.6. The number of piperidine rings is 1. The van der Waals surface area contributed by atoms with Crippen molar-refractivity contribution in [3.05, 3.63) is 24.0 Å². The fourth-order valence-corrected chi connectivity index (χ4v) is 2.10. The number of anilines is 1. The predicted molar refractivity (Wildman–Crippen MR) is 70.6 cm³/mol. The standard InChI is InChI=1S/C12H14F3N3O.ClH/c13-12(14,15)8-3-5-18(6-4-8)11(19)10-2-1-9(16)7-17-10;/h1-2,7-8H,3-6,16H2;1H. The lowest BCUT2D eigenvalue weighted by Crippen LogP contribution is -2.42. The second kappa shape index (κ2) is 6.30. The summed E-state index contributed by atoms with van der Waals surface area (Å²) in [6, 6.07) is 3.02. The Labute approximate surface area is 120 Å². The molecule has 1 saturated heterocycles. The van der Waals surface area contributed by atoms with Crippen LogP contribution in [-0.2, 0) is 0 Å². The zero-order chi connectivity index (χ0) is 14.0. The number of hydrogen-bond donors (Lipinski definition) is 1. The first kappa shape index (κ1) is 16.6. The third-order valence-corrected chi connectivity index (χ3v) is 3.25. The molecule has 1 fully saturated rings. The van der Waals surface area contributed by atoms with Crippen molar-refractivity contribution in [3.63, 3.8) is 0 Å². The van der Waals surface area contributed by atoms with Crippen molar-refractivity contribution in [1.29, 1.82) is 0 Å². The summed E-state index contributed by atoms with van der Waals surface area (Å²) < 4.78 is 37.5. The van der Waals surface area contributed by atoms with E-state index < -0.39 is 12.1 Å². The van der Waals surface area contributed by atoms with Crippen molar-refractivity contribution < 1.29 is 18.0 Å². The lowest BCUT2D eigenvalue weighted by atomic mass is 9.96. The number of nitrogens with zero attached hydrogens (tertiary/aromatic N) is 2. The number of carbonyl (C=O) groups is 1. The highest BCUT2D eigenvalue weighted by Gasteiger charge is 2.41. The molecule has 1 aromatic heterocycles. The molecule has 2 rings (SSSR count). The lowest BCUT2D eigenvalue weighted by Gasteiger charge is -2.32. The molecule has 2 N–H and O–H groups in total. The van der Waals surface area contributed by atoms with E-state index in [1.165, 1.54) is 17.2 Å². The number of rotatable bonds is 1. The van der Waals surface area contributed by atoms with Crippen LogP contribution in [0.4, 0.5) is 18.9 Å². The molecule has 0 spiro atoms. The summed E-state index contributed by atoms with van der Waals surface area (Å²) in [6.45, 7) is 0.212. The molecule has 0 saturated carbocycles. The monoisotopic (exact) mass is 309 g/mol. The Morgan fingerprint density at radius 2 is 1.90 bits per heavy atom. The summed E-state index contributed by atoms with van der Waals surface area (Å²) in [7, 11) is 0. The molecule has 1 amide bonds. The van der Waals surface area contributed by atoms with Crippen LogP contribution in [0.2, 0.25) is 0 Å². The predicted octanol–water partition coefficient (Wildman–Crippen LogP) is 2.50. The molecule has 1 aromatic rings. The SMILES string of the molecule is Cl.Nc1ccc(C(=O)N2CCC(C(F)(F)F)CC2)nc1. The summed E-state index contributed by atoms with van der Waals surface area (Å²) in [5, 5.41) is 0. The quantitative estimate of drug-likeness (QED) is 0.867. The molecule has 1 aliphatic heterocycles. The van der Waals surface area contributed by atoms with Crippen LogP contribution < -0.4 is 5.73 Å². The Morgan fingerprint density at radius 1 is 1.30 bits per heavy atom. The van der Waals surface area contributed by atoms with Crippen LogP contribution in [0.1, 0.15) is 23.3 Å². The topological polar surface area (TPSA) is 59.2 Å². The smallest absolute Gasteiger partial charge is 0.391 e. The van der Waals surface area contributed by atoms with Crippen LogP contribution in [0.25, 0.3) is 0 Å². The van der Waals surface area contributed by atoms with E-state index in [0.29, 0.717) is 5.69 Å². The van der Waals surface area contributed by atoms with E-state index in [9.17, 15) is 18.0 Å². The third-order valence-electron chi connectivity index (χ3n) is 3.25. The largest absolute Gasteiger partial charge is 0.397 e. The average Bonchev–Trinajstić information content (AvgIpc) is 2.38. The number of carbonyl (C=O) groups excluding carboxylic acids is 1. The second-order valence-corrected chi connectivity index (χ2v) is 4.58. The van der Waals surface area contributed by atoms with Gasteiger partial charge in [-0.3, -0.25) is 4.79 Å². The summed E-state index contributed by atoms with van der Waals surface area (Å²) in [6.07, 6.45) is -2.92. The molecule has 0 atom stereocenters. The number of likely N-dealkylation sites (tertiary alicyclic amines) is 1. The highest BCUT2D eigenvalue weighted by molar-refractivity contribution is 5.92. The van der Waals surface area contributed by atoms with Gasteiger partial charge in [0, 0.05) is 13.1 Å². The third kappa shape index (κ3) is 3.75. The molecule has 2 heterocycles. The number of amides is 1. The van der Waals surface area contributed by atoms with Crippen molar-refractivity contribution in [2.75, 3.05) is 18.8 Å². The van der Waals surface area contributed by atoms with Gasteiger partial charge < -0.3 is 10.6 Å². The fourth-order valence-electron chi connectivity index (χ4n) is 2.10. The Hall–Kier alpha value is -1.50. The van der Waals surface area contributed by atoms with E-state index in [0.717, 1.165) is 0 Å². The van der Waals surface area contributed by atoms with E-state index in [2.05, 4.69) is 4.98 Å². The Morgan fingerprint density at radius 3 is 2.35 bits per heavy atom. The minimum absolute atomic E-state index is 0. The summed E-state index contributed by atoms with van der Waals surface area (Å²) in [4.78, 5) is 17.3. The molecule has 0 unspecified atom stereocenters. The van der Waals surface area contributed by atoms with Crippen LogP contribution in [0, 0.1) is 5.92 Å². The highest BCUT2D eigenvalue weighted by atomic mass is 35.5. The van der Waals surface area contributed by atoms with Gasteiger partial charge in [0.25, 0.3) is 5.91 Å². The molecular weight excluding hydrogens is 295 g/mol. The number of nitrogen functional groups attached to an aromatic ring is 1. The van der Waals surface area contributed by atoms with Gasteiger partial charge in [0.05, 0.1) is 17.8 Å². The van der Waals surface area contributed by atoms with Crippen LogP contribution in [0.3, 0.4) is 0 Å². The maximum Gasteiger partial charge on any atom is 0.391 e. The van der Waals surface area contributed by atoms with Gasteiger partial charge in [-0.15, -0.1) is 12.4 Å². The van der Waals surface area contributed by atoms with E-state index in [-0.39, 0.29) is 49.9 Å². The number of alkyl halides is 3. The minimum atomic E-state index is -4.17. The number of hydrogen-bond acceptors (Lipinski definition) is 3. The number of halogens is 4. The van der Waals surface area contributed by atoms with Gasteiger partial charge in [-0.1, -0.05) is 0 Å². The van der Waals surface area contributed by atoms with Crippen molar-refractivity contribution >= 4 is 24.0 Å². The van der Waals surface area contributed by atoms with E-state index >= 15 is 0 Å². The average molecular weight is 310 g/mol. The van der Waals surface area contributed by atoms with Gasteiger partial charge in [-0.25, -0.2) is 4.98 Å². The van der Waals surface area contributed by atoms with Crippen molar-refractivity contribution in [3.8, 4) is 0 Å². The number of aromatic nitrogens is 1. The fraction of sp³-hybridized carbons (Fsp3) is 0.500. The van der Waals surface area contributed by atoms with Gasteiger partial charge in [0.15, 0.2) is 0 Å². The van der Waals surface area contributed by atoms with Gasteiger partial charge in [-0.2, -0.15) is 13.2 Å². The lowest BCUT2D eigenvalue weighted by molar-refractivity contribution is -0.183. The first-order valence-corrected chi connectivity index (χ1v) is 5.95. The number of pyridine rings is 1. The maximum absolute atomic E-state index is 12.5. The number of nitrogens with two attached hydrogens (primary N) is 1. The van der Waals surface area contributed by atoms with Crippen molar-refractivity contribution in [2.45, 2.75) is 19.0 Å². The van der Waals surface area contributed by atoms with Crippen LogP contribution >= 0.6 is 12.4 Å². The molecular formula is C12H15ClF3N3O. The van der Waals surface area contributed by atoms with Crippen LogP contribution in [-0.4, -0.2) is 35.1 Å². The Bertz CT molecular complexity index is 456. The minimum Gasteiger partial charge on any atom is -0.397 e. The molecule has 0 bridgehead atoms. The first-order valence-electron chi connectivity index (χ1n) is 5.95. The van der Waals surface area contributed by atoms with E-state index in [4.69, 9.17) is 5.73 Å². The summed E-state index contributed by atoms with van der Waals surface area (Å²) >= 11 is 0. The molecule has 4 nitrogen and oxygen atoms in total. The summed E-state index contributed by atoms with van der Waals surface area (Å²) in [5.41, 5.74) is 6.10. The molecule has 20 heavy (non-hydrogen) atoms. The van der Waals surface area contributed by atoms with Gasteiger partial charge in [-0.05, 0) is 25.0 Å². The second-order valence-electron chi connectivity index (χ2n) is 4.58. The Kier molecular flexibility index (Phi) is 5.21. The van der Waals surface area contributed by atoms with E-state index in [1.54, 1.807) is 6.07 Å². The molecule has 8 heteroatoms. The van der Waals surface area contributed by atoms with Crippen molar-refractivity contribution in [1.82, 2.24) is 9.88 Å². The molecule has 112 valence electrons. The van der Waals surface area contributed by atoms with E-state index in [1.807, 2.05) is 0 Å². The molecule has 0 radical (unpaired) electrons. The highest BCUT2D eigenvalue weighted by Crippen LogP contribution is 2.34. The zero-order valence-corrected chi connectivity index (χ0v) is 11.4. The van der Waals surface area contributed by atoms with Gasteiger partial charge in [0.2, 0.25) is 0 Å². The van der Waals surface area contributed by atoms with Gasteiger partial charge >= 0.3 is 6.18 Å². The van der Waals surface area contributed by atoms with Crippen molar-refractivity contribution in [2.24, 2.45) is 5.92 Å². The summed E-state index contributed by atoms with van der Waals surface area (Å²) in [5.74, 6) is -1.66. The first-order chi connectivity index (χ1) is 8.88. The maximum atomic E-state index is 12.5.